The van der Waals surface area contributed by atoms with E-state index < -0.39 is 0 Å². The van der Waals surface area contributed by atoms with Gasteiger partial charge in [0.25, 0.3) is 0 Å². The first-order chi connectivity index (χ1) is 2.81. The van der Waals surface area contributed by atoms with Crippen molar-refractivity contribution in [2.75, 3.05) is 0 Å². The predicted molar refractivity (Wildman–Crippen MR) is 21.6 cm³/mol. The SMILES string of the molecule is CC([CH-]O)[CH-]O.[W].[W]. The molecule has 0 rings (SSSR count). The van der Waals surface area contributed by atoms with Crippen molar-refractivity contribution in [3.8, 4) is 0 Å². The first-order valence-corrected chi connectivity index (χ1v) is 1.76. The van der Waals surface area contributed by atoms with Crippen LogP contribution in [0, 0.1) is 19.1 Å². The van der Waals surface area contributed by atoms with E-state index in [1.54, 1.807) is 6.92 Å². The standard InChI is InChI=1S/C4H8O2.2W/c1-4(2-5)3-6;;/h2-6H,1H3;;/q-2;;. The van der Waals surface area contributed by atoms with Crippen molar-refractivity contribution in [2.45, 2.75) is 6.92 Å². The molecule has 0 atom stereocenters. The van der Waals surface area contributed by atoms with Gasteiger partial charge in [-0.15, -0.1) is 6.92 Å². The molecule has 0 amide bonds. The molecule has 0 bridgehead atoms. The van der Waals surface area contributed by atoms with Gasteiger partial charge in [0, 0.05) is 42.1 Å². The molecule has 0 aromatic heterocycles. The molecule has 0 fully saturated rings. The van der Waals surface area contributed by atoms with E-state index in [4.69, 9.17) is 10.2 Å². The third-order valence-electron chi connectivity index (χ3n) is 0.470. The monoisotopic (exact) mass is 456 g/mol. The number of aliphatic hydroxyl groups excluding tert-OH is 2. The van der Waals surface area contributed by atoms with E-state index in [-0.39, 0.29) is 48.0 Å². The normalized spacial score (nSPS) is 7.50. The maximum Gasteiger partial charge on any atom is 0 e. The summed E-state index contributed by atoms with van der Waals surface area (Å²) in [5, 5.41) is 16.0. The summed E-state index contributed by atoms with van der Waals surface area (Å²) in [5.41, 5.74) is 0. The Morgan fingerprint density at radius 2 is 1.38 bits per heavy atom. The minimum atomic E-state index is -0.204. The van der Waals surface area contributed by atoms with Gasteiger partial charge in [-0.25, -0.2) is 13.2 Å². The van der Waals surface area contributed by atoms with Crippen LogP contribution in [0.5, 0.6) is 0 Å². The molecule has 0 aliphatic carbocycles. The number of hydrogen-bond donors (Lipinski definition) is 2. The summed E-state index contributed by atoms with van der Waals surface area (Å²) in [5.74, 6) is -0.204. The van der Waals surface area contributed by atoms with Crippen LogP contribution in [0.2, 0.25) is 0 Å². The van der Waals surface area contributed by atoms with Gasteiger partial charge in [0.15, 0.2) is 0 Å². The molecule has 0 saturated carbocycles. The summed E-state index contributed by atoms with van der Waals surface area (Å²) in [6.45, 7) is 3.50. The topological polar surface area (TPSA) is 40.5 Å². The van der Waals surface area contributed by atoms with Crippen LogP contribution in [-0.4, -0.2) is 10.2 Å². The molecule has 2 N–H and O–H groups in total. The van der Waals surface area contributed by atoms with Gasteiger partial charge >= 0.3 is 0 Å². The first kappa shape index (κ1) is 16.1. The van der Waals surface area contributed by atoms with Crippen molar-refractivity contribution in [2.24, 2.45) is 5.92 Å². The van der Waals surface area contributed by atoms with E-state index in [9.17, 15) is 0 Å². The average molecular weight is 456 g/mol. The number of rotatable bonds is 2. The van der Waals surface area contributed by atoms with Crippen molar-refractivity contribution in [1.82, 2.24) is 0 Å². The maximum absolute atomic E-state index is 8.02. The summed E-state index contributed by atoms with van der Waals surface area (Å²) < 4.78 is 0. The molecule has 0 aromatic rings. The van der Waals surface area contributed by atoms with Gasteiger partial charge in [-0.3, -0.25) is 5.92 Å². The molecule has 8 heavy (non-hydrogen) atoms. The smallest absolute Gasteiger partial charge is 0 e. The van der Waals surface area contributed by atoms with Crippen molar-refractivity contribution in [1.29, 1.82) is 0 Å². The Morgan fingerprint density at radius 1 is 1.12 bits per heavy atom. The Balaban J connectivity index is -0.000000125. The Labute approximate surface area is 78.2 Å². The Kier molecular flexibility index (Phi) is 22.5. The van der Waals surface area contributed by atoms with Crippen LogP contribution >= 0.6 is 0 Å². The van der Waals surface area contributed by atoms with Gasteiger partial charge in [-0.2, -0.15) is 0 Å². The van der Waals surface area contributed by atoms with Crippen LogP contribution in [0.25, 0.3) is 0 Å². The van der Waals surface area contributed by atoms with Gasteiger partial charge in [0.05, 0.1) is 0 Å². The van der Waals surface area contributed by atoms with E-state index in [0.29, 0.717) is 0 Å². The van der Waals surface area contributed by atoms with E-state index in [0.717, 1.165) is 13.2 Å². The fourth-order valence-corrected chi connectivity index (χ4v) is 0.0385. The third-order valence-corrected chi connectivity index (χ3v) is 0.470. The molecule has 0 aromatic carbocycles. The number of aliphatic hydroxyl groups is 2. The van der Waals surface area contributed by atoms with Gasteiger partial charge < -0.3 is 10.2 Å². The van der Waals surface area contributed by atoms with E-state index in [1.807, 2.05) is 0 Å². The van der Waals surface area contributed by atoms with Crippen molar-refractivity contribution in [3.63, 3.8) is 0 Å². The predicted octanol–water partition coefficient (Wildman–Crippen LogP) is 0.686. The summed E-state index contributed by atoms with van der Waals surface area (Å²) in [7, 11) is 0. The van der Waals surface area contributed by atoms with Gasteiger partial charge in [0.1, 0.15) is 0 Å². The van der Waals surface area contributed by atoms with Crippen LogP contribution in [0.4, 0.5) is 0 Å². The van der Waals surface area contributed by atoms with Gasteiger partial charge in [-0.1, -0.05) is 0 Å². The minimum absolute atomic E-state index is 0. The maximum atomic E-state index is 8.02. The Hall–Kier alpha value is 1.30. The molecule has 0 unspecified atom stereocenters. The van der Waals surface area contributed by atoms with Crippen LogP contribution in [0.1, 0.15) is 6.92 Å². The van der Waals surface area contributed by atoms with Gasteiger partial charge in [0.2, 0.25) is 0 Å². The molecular weight excluding hydrogens is 448 g/mol. The molecule has 0 radical (unpaired) electrons. The minimum Gasteiger partial charge on any atom is -0.568 e. The second-order valence-corrected chi connectivity index (χ2v) is 1.16. The van der Waals surface area contributed by atoms with Crippen LogP contribution < -0.4 is 0 Å². The molecule has 2 nitrogen and oxygen atoms in total. The summed E-state index contributed by atoms with van der Waals surface area (Å²) in [6.07, 6.45) is 0. The Morgan fingerprint density at radius 3 is 1.38 bits per heavy atom. The average Bonchev–Trinajstić information content (AvgIpc) is 1.65. The van der Waals surface area contributed by atoms with Gasteiger partial charge in [-0.05, 0) is 0 Å². The fraction of sp³-hybridized carbons (Fsp3) is 0.500. The summed E-state index contributed by atoms with van der Waals surface area (Å²) in [6, 6.07) is 0. The fourth-order valence-electron chi connectivity index (χ4n) is 0.0385. The molecule has 4 heteroatoms. The molecule has 50 valence electrons. The van der Waals surface area contributed by atoms with Crippen LogP contribution in [-0.2, 0) is 42.1 Å². The molecule has 0 spiro atoms. The quantitative estimate of drug-likeness (QED) is 0.602. The van der Waals surface area contributed by atoms with E-state index >= 15 is 0 Å². The van der Waals surface area contributed by atoms with E-state index in [2.05, 4.69) is 0 Å². The largest absolute Gasteiger partial charge is 0.568 e. The van der Waals surface area contributed by atoms with Crippen molar-refractivity contribution < 1.29 is 52.3 Å². The first-order valence-electron chi connectivity index (χ1n) is 1.76. The molecule has 0 heterocycles. The Bertz CT molecular complexity index is 31.2. The zero-order chi connectivity index (χ0) is 4.99. The van der Waals surface area contributed by atoms with Crippen molar-refractivity contribution in [3.05, 3.63) is 13.2 Å². The molecule has 0 aliphatic rings. The van der Waals surface area contributed by atoms with Crippen molar-refractivity contribution >= 4 is 0 Å². The zero-order valence-electron chi connectivity index (χ0n) is 4.44. The second kappa shape index (κ2) is 11.1. The summed E-state index contributed by atoms with van der Waals surface area (Å²) >= 11 is 0. The van der Waals surface area contributed by atoms with E-state index in [1.165, 1.54) is 0 Å². The second-order valence-electron chi connectivity index (χ2n) is 1.16. The van der Waals surface area contributed by atoms with Crippen LogP contribution in [0.15, 0.2) is 0 Å². The molecule has 0 saturated heterocycles. The summed E-state index contributed by atoms with van der Waals surface area (Å²) in [4.78, 5) is 0. The molecule has 0 aliphatic heterocycles. The van der Waals surface area contributed by atoms with Crippen LogP contribution in [0.3, 0.4) is 0 Å². The zero-order valence-corrected chi connectivity index (χ0v) is 10.3. The number of hydrogen-bond acceptors (Lipinski definition) is 2. The molecular formula is C4H8O2W2-2. The third kappa shape index (κ3) is 10.3.